The second-order valence-corrected chi connectivity index (χ2v) is 5.29. The molecule has 1 aromatic heterocycles. The van der Waals surface area contributed by atoms with Crippen molar-refractivity contribution in [3.8, 4) is 0 Å². The van der Waals surface area contributed by atoms with Crippen molar-refractivity contribution in [1.82, 2.24) is 4.98 Å². The lowest BCUT2D eigenvalue weighted by Gasteiger charge is -2.07. The molecular weight excluding hydrogens is 310 g/mol. The van der Waals surface area contributed by atoms with Gasteiger partial charge in [-0.2, -0.15) is 0 Å². The molecule has 2 N–H and O–H groups in total. The fraction of sp³-hybridized carbons (Fsp3) is 0.0588. The summed E-state index contributed by atoms with van der Waals surface area (Å²) < 4.78 is 0. The fourth-order valence-electron chi connectivity index (χ4n) is 2.42. The number of hydrogen-bond donors (Lipinski definition) is 2. The van der Waals surface area contributed by atoms with E-state index in [9.17, 15) is 19.7 Å². The molecule has 0 saturated heterocycles. The molecule has 7 nitrogen and oxygen atoms in total. The van der Waals surface area contributed by atoms with E-state index in [1.54, 1.807) is 43.3 Å². The minimum absolute atomic E-state index is 0.0584. The molecule has 1 heterocycles. The summed E-state index contributed by atoms with van der Waals surface area (Å²) >= 11 is 0. The molecule has 120 valence electrons. The number of anilines is 1. The topological polar surface area (TPSA) is 105 Å². The molecule has 7 heteroatoms. The number of nitro groups is 1. The van der Waals surface area contributed by atoms with Crippen LogP contribution in [0.2, 0.25) is 0 Å². The largest absolute Gasteiger partial charge is 0.360 e. The fourth-order valence-corrected chi connectivity index (χ4v) is 2.42. The lowest BCUT2D eigenvalue weighted by molar-refractivity contribution is -0.385. The molecule has 0 aliphatic heterocycles. The molecule has 0 saturated carbocycles. The normalized spacial score (nSPS) is 10.5. The maximum atomic E-state index is 12.4. The first-order valence-corrected chi connectivity index (χ1v) is 7.14. The number of carbonyl (C=O) groups excluding carboxylic acids is 1. The van der Waals surface area contributed by atoms with Crippen molar-refractivity contribution < 1.29 is 9.72 Å². The molecule has 0 unspecified atom stereocenters. The molecule has 0 aliphatic rings. The average Bonchev–Trinajstić information content (AvgIpc) is 2.57. The van der Waals surface area contributed by atoms with Crippen molar-refractivity contribution in [2.75, 3.05) is 5.32 Å². The van der Waals surface area contributed by atoms with Crippen LogP contribution in [0.5, 0.6) is 0 Å². The summed E-state index contributed by atoms with van der Waals surface area (Å²) in [6.45, 7) is 1.61. The van der Waals surface area contributed by atoms with Crippen LogP contribution in [0.4, 0.5) is 11.4 Å². The van der Waals surface area contributed by atoms with Gasteiger partial charge >= 0.3 is 0 Å². The summed E-state index contributed by atoms with van der Waals surface area (Å²) in [7, 11) is 0. The number of aryl methyl sites for hydroxylation is 1. The average molecular weight is 323 g/mol. The van der Waals surface area contributed by atoms with Gasteiger partial charge in [0.15, 0.2) is 0 Å². The van der Waals surface area contributed by atoms with Gasteiger partial charge in [0, 0.05) is 34.4 Å². The van der Waals surface area contributed by atoms with Gasteiger partial charge in [-0.15, -0.1) is 0 Å². The molecule has 0 radical (unpaired) electrons. The van der Waals surface area contributed by atoms with Gasteiger partial charge in [-0.3, -0.25) is 19.7 Å². The third-order valence-corrected chi connectivity index (χ3v) is 3.70. The SMILES string of the molecule is Cc1ccc(NC(=O)c2c[nH]c3ccccc3c2=O)cc1[N+](=O)[O-]. The Morgan fingerprint density at radius 3 is 2.71 bits per heavy atom. The zero-order valence-electron chi connectivity index (χ0n) is 12.7. The lowest BCUT2D eigenvalue weighted by Crippen LogP contribution is -2.22. The van der Waals surface area contributed by atoms with Crippen molar-refractivity contribution in [3.05, 3.63) is 80.1 Å². The monoisotopic (exact) mass is 323 g/mol. The maximum Gasteiger partial charge on any atom is 0.274 e. The Kier molecular flexibility index (Phi) is 3.83. The first-order valence-electron chi connectivity index (χ1n) is 7.14. The Balaban J connectivity index is 1.96. The Bertz CT molecular complexity index is 1020. The molecule has 0 aliphatic carbocycles. The summed E-state index contributed by atoms with van der Waals surface area (Å²) in [6, 6.07) is 11.2. The summed E-state index contributed by atoms with van der Waals surface area (Å²) in [5.74, 6) is -0.625. The van der Waals surface area contributed by atoms with E-state index < -0.39 is 16.3 Å². The van der Waals surface area contributed by atoms with Gasteiger partial charge in [0.2, 0.25) is 5.43 Å². The Morgan fingerprint density at radius 2 is 1.96 bits per heavy atom. The van der Waals surface area contributed by atoms with Crippen LogP contribution < -0.4 is 10.7 Å². The van der Waals surface area contributed by atoms with Crippen molar-refractivity contribution in [1.29, 1.82) is 0 Å². The number of aromatic nitrogens is 1. The first-order chi connectivity index (χ1) is 11.5. The van der Waals surface area contributed by atoms with Crippen molar-refractivity contribution in [3.63, 3.8) is 0 Å². The zero-order chi connectivity index (χ0) is 17.3. The summed E-state index contributed by atoms with van der Waals surface area (Å²) in [5, 5.41) is 13.9. The highest BCUT2D eigenvalue weighted by atomic mass is 16.6. The lowest BCUT2D eigenvalue weighted by atomic mass is 10.1. The van der Waals surface area contributed by atoms with Crippen LogP contribution in [0.15, 0.2) is 53.5 Å². The molecule has 2 aromatic carbocycles. The molecule has 0 spiro atoms. The number of nitro benzene ring substituents is 1. The predicted molar refractivity (Wildman–Crippen MR) is 90.4 cm³/mol. The van der Waals surface area contributed by atoms with E-state index in [-0.39, 0.29) is 16.9 Å². The number of nitrogens with one attached hydrogen (secondary N) is 2. The number of rotatable bonds is 3. The van der Waals surface area contributed by atoms with Gasteiger partial charge in [-0.25, -0.2) is 0 Å². The van der Waals surface area contributed by atoms with E-state index in [2.05, 4.69) is 10.3 Å². The van der Waals surface area contributed by atoms with Gasteiger partial charge in [-0.05, 0) is 25.1 Å². The molecular formula is C17H13N3O4. The van der Waals surface area contributed by atoms with Crippen LogP contribution >= 0.6 is 0 Å². The number of para-hydroxylation sites is 1. The van der Waals surface area contributed by atoms with E-state index in [1.807, 2.05) is 0 Å². The van der Waals surface area contributed by atoms with Crippen LogP contribution in [0.25, 0.3) is 10.9 Å². The summed E-state index contributed by atoms with van der Waals surface area (Å²) in [6.07, 6.45) is 1.34. The van der Waals surface area contributed by atoms with Crippen LogP contribution in [-0.4, -0.2) is 15.8 Å². The Morgan fingerprint density at radius 1 is 1.21 bits per heavy atom. The van der Waals surface area contributed by atoms with E-state index >= 15 is 0 Å². The van der Waals surface area contributed by atoms with Gasteiger partial charge in [0.1, 0.15) is 5.56 Å². The highest BCUT2D eigenvalue weighted by molar-refractivity contribution is 6.05. The number of nitrogens with zero attached hydrogens (tertiary/aromatic N) is 1. The highest BCUT2D eigenvalue weighted by Crippen LogP contribution is 2.22. The quantitative estimate of drug-likeness (QED) is 0.571. The number of amides is 1. The Hall–Kier alpha value is -3.48. The number of benzene rings is 2. The van der Waals surface area contributed by atoms with Crippen molar-refractivity contribution >= 4 is 28.2 Å². The number of fused-ring (bicyclic) bond motifs is 1. The van der Waals surface area contributed by atoms with Gasteiger partial charge in [0.25, 0.3) is 11.6 Å². The molecule has 3 rings (SSSR count). The molecule has 3 aromatic rings. The van der Waals surface area contributed by atoms with Crippen LogP contribution in [-0.2, 0) is 0 Å². The van der Waals surface area contributed by atoms with Crippen LogP contribution in [0.3, 0.4) is 0 Å². The second-order valence-electron chi connectivity index (χ2n) is 5.29. The standard InChI is InChI=1S/C17H13N3O4/c1-10-6-7-11(8-15(10)20(23)24)19-17(22)13-9-18-14-5-3-2-4-12(14)16(13)21/h2-9H,1H3,(H,18,21)(H,19,22). The molecule has 0 fully saturated rings. The van der Waals surface area contributed by atoms with Crippen LogP contribution in [0, 0.1) is 17.0 Å². The third-order valence-electron chi connectivity index (χ3n) is 3.70. The maximum absolute atomic E-state index is 12.4. The Labute approximate surface area is 136 Å². The van der Waals surface area contributed by atoms with E-state index in [0.29, 0.717) is 16.5 Å². The minimum Gasteiger partial charge on any atom is -0.360 e. The van der Waals surface area contributed by atoms with E-state index in [1.165, 1.54) is 12.3 Å². The first kappa shape index (κ1) is 15.4. The minimum atomic E-state index is -0.625. The molecule has 24 heavy (non-hydrogen) atoms. The van der Waals surface area contributed by atoms with E-state index in [0.717, 1.165) is 0 Å². The third kappa shape index (κ3) is 2.74. The number of pyridine rings is 1. The number of H-pyrrole nitrogens is 1. The number of hydrogen-bond acceptors (Lipinski definition) is 4. The number of carbonyl (C=O) groups is 1. The van der Waals surface area contributed by atoms with Crippen molar-refractivity contribution in [2.45, 2.75) is 6.92 Å². The highest BCUT2D eigenvalue weighted by Gasteiger charge is 2.16. The smallest absolute Gasteiger partial charge is 0.274 e. The molecule has 1 amide bonds. The second kappa shape index (κ2) is 5.96. The molecule has 0 atom stereocenters. The zero-order valence-corrected chi connectivity index (χ0v) is 12.7. The van der Waals surface area contributed by atoms with Crippen LogP contribution in [0.1, 0.15) is 15.9 Å². The summed E-state index contributed by atoms with van der Waals surface area (Å²) in [4.78, 5) is 38.1. The summed E-state index contributed by atoms with van der Waals surface area (Å²) in [5.41, 5.74) is 0.817. The predicted octanol–water partition coefficient (Wildman–Crippen LogP) is 3.00. The molecule has 0 bridgehead atoms. The van der Waals surface area contributed by atoms with E-state index in [4.69, 9.17) is 0 Å². The van der Waals surface area contributed by atoms with Gasteiger partial charge in [-0.1, -0.05) is 18.2 Å². The van der Waals surface area contributed by atoms with Gasteiger partial charge < -0.3 is 10.3 Å². The number of aromatic amines is 1. The van der Waals surface area contributed by atoms with Gasteiger partial charge in [0.05, 0.1) is 4.92 Å². The van der Waals surface area contributed by atoms with Crippen molar-refractivity contribution in [2.24, 2.45) is 0 Å².